The molecule has 0 aromatic rings. The van der Waals surface area contributed by atoms with Crippen LogP contribution in [0.2, 0.25) is 0 Å². The van der Waals surface area contributed by atoms with Gasteiger partial charge in [-0.1, -0.05) is 0 Å². The maximum Gasteiger partial charge on any atom is 0.443 e. The minimum atomic E-state index is -7.32. The topological polar surface area (TPSA) is 20.2 Å². The summed E-state index contributed by atoms with van der Waals surface area (Å²) in [7, 11) is 0. The van der Waals surface area contributed by atoms with E-state index in [-0.39, 0.29) is 0 Å². The molecule has 0 aliphatic carbocycles. The number of hydrogen-bond donors (Lipinski definition) is 1. The van der Waals surface area contributed by atoms with Gasteiger partial charge in [-0.2, -0.15) is 52.7 Å². The molecular weight excluding hydrogens is 347 g/mol. The Morgan fingerprint density at radius 3 is 1.00 bits per heavy atom. The van der Waals surface area contributed by atoms with Crippen LogP contribution in [0.15, 0.2) is 11.4 Å². The van der Waals surface area contributed by atoms with Gasteiger partial charge in [0.1, 0.15) is 5.57 Å². The molecule has 0 aromatic carbocycles. The minimum Gasteiger partial charge on any atom is -0.369 e. The smallest absolute Gasteiger partial charge is 0.369 e. The molecule has 0 saturated carbocycles. The van der Waals surface area contributed by atoms with E-state index in [1.54, 1.807) is 0 Å². The van der Waals surface area contributed by atoms with Crippen molar-refractivity contribution in [2.75, 3.05) is 0 Å². The third kappa shape index (κ3) is 3.52. The highest BCUT2D eigenvalue weighted by atomic mass is 19.4. The van der Waals surface area contributed by atoms with Crippen LogP contribution in [0.5, 0.6) is 0 Å². The van der Waals surface area contributed by atoms with Gasteiger partial charge in [0.05, 0.1) is 0 Å². The van der Waals surface area contributed by atoms with Gasteiger partial charge in [0.2, 0.25) is 5.83 Å². The molecule has 0 spiro atoms. The second-order valence-corrected chi connectivity index (χ2v) is 3.39. The van der Waals surface area contributed by atoms with E-state index in [4.69, 9.17) is 5.11 Å². The molecule has 0 saturated heterocycles. The SMILES string of the molecule is OC(C(=C(F)C(F)(F)F)C(F)(F)F)(C(F)(F)F)C(F)(F)F. The standard InChI is InChI=1S/C7HF13O/c8-2(5(12,13)14)1(4(9,10)11)3(21,6(15,16)17)7(18,19)20/h21H. The highest BCUT2D eigenvalue weighted by molar-refractivity contribution is 5.32. The third-order valence-electron chi connectivity index (χ3n) is 1.93. The van der Waals surface area contributed by atoms with E-state index in [1.807, 2.05) is 0 Å². The number of aliphatic hydroxyl groups is 1. The fourth-order valence-electron chi connectivity index (χ4n) is 1.07. The van der Waals surface area contributed by atoms with Crippen molar-refractivity contribution in [2.24, 2.45) is 0 Å². The van der Waals surface area contributed by atoms with Crippen molar-refractivity contribution in [2.45, 2.75) is 30.3 Å². The lowest BCUT2D eigenvalue weighted by atomic mass is 9.90. The van der Waals surface area contributed by atoms with Gasteiger partial charge in [0.25, 0.3) is 5.60 Å². The molecule has 14 heteroatoms. The van der Waals surface area contributed by atoms with Crippen molar-refractivity contribution < 1.29 is 62.2 Å². The van der Waals surface area contributed by atoms with Crippen LogP contribution in [-0.2, 0) is 0 Å². The quantitative estimate of drug-likeness (QED) is 0.705. The summed E-state index contributed by atoms with van der Waals surface area (Å²) in [6, 6.07) is 0. The summed E-state index contributed by atoms with van der Waals surface area (Å²) in [6.45, 7) is 0. The van der Waals surface area contributed by atoms with E-state index in [2.05, 4.69) is 0 Å². The number of rotatable bonds is 1. The Hall–Kier alpha value is -1.21. The summed E-state index contributed by atoms with van der Waals surface area (Å²) < 4.78 is 157. The highest BCUT2D eigenvalue weighted by Gasteiger charge is 2.78. The van der Waals surface area contributed by atoms with E-state index in [0.29, 0.717) is 0 Å². The summed E-state index contributed by atoms with van der Waals surface area (Å²) >= 11 is 0. The first-order chi connectivity index (χ1) is 8.78. The van der Waals surface area contributed by atoms with Crippen LogP contribution in [-0.4, -0.2) is 35.4 Å². The summed E-state index contributed by atoms with van der Waals surface area (Å²) in [5, 5.41) is 8.25. The van der Waals surface area contributed by atoms with E-state index in [9.17, 15) is 57.1 Å². The average molecular weight is 348 g/mol. The number of hydrogen-bond acceptors (Lipinski definition) is 1. The van der Waals surface area contributed by atoms with E-state index < -0.39 is 41.7 Å². The zero-order valence-electron chi connectivity index (χ0n) is 8.86. The van der Waals surface area contributed by atoms with E-state index in [0.717, 1.165) is 0 Å². The molecule has 0 aliphatic rings. The zero-order chi connectivity index (χ0) is 17.7. The predicted octanol–water partition coefficient (Wildman–Crippen LogP) is 4.19. The van der Waals surface area contributed by atoms with Gasteiger partial charge in [0.15, 0.2) is 0 Å². The molecule has 0 aromatic heterocycles. The Kier molecular flexibility index (Phi) is 4.63. The summed E-state index contributed by atoms with van der Waals surface area (Å²) in [6.07, 6.45) is -28.6. The molecule has 1 N–H and O–H groups in total. The number of alkyl halides is 12. The van der Waals surface area contributed by atoms with Gasteiger partial charge in [-0.05, 0) is 0 Å². The van der Waals surface area contributed by atoms with Crippen molar-refractivity contribution in [1.29, 1.82) is 0 Å². The fourth-order valence-corrected chi connectivity index (χ4v) is 1.07. The van der Waals surface area contributed by atoms with Crippen LogP contribution in [0, 0.1) is 0 Å². The van der Waals surface area contributed by atoms with Gasteiger partial charge in [-0.15, -0.1) is 0 Å². The Labute approximate surface area is 105 Å². The van der Waals surface area contributed by atoms with Crippen LogP contribution in [0.3, 0.4) is 0 Å². The lowest BCUT2D eigenvalue weighted by Crippen LogP contribution is -2.61. The fraction of sp³-hybridized carbons (Fsp3) is 0.714. The lowest BCUT2D eigenvalue weighted by molar-refractivity contribution is -0.364. The molecule has 21 heavy (non-hydrogen) atoms. The van der Waals surface area contributed by atoms with Gasteiger partial charge >= 0.3 is 24.7 Å². The lowest BCUT2D eigenvalue weighted by Gasteiger charge is -2.35. The molecule has 1 nitrogen and oxygen atoms in total. The van der Waals surface area contributed by atoms with Crippen LogP contribution in [0.25, 0.3) is 0 Å². The summed E-state index contributed by atoms with van der Waals surface area (Å²) in [5.74, 6) is -4.76. The molecule has 0 aliphatic heterocycles. The Morgan fingerprint density at radius 2 is 0.857 bits per heavy atom. The first-order valence-corrected chi connectivity index (χ1v) is 4.18. The van der Waals surface area contributed by atoms with Crippen LogP contribution >= 0.6 is 0 Å². The molecular formula is C7HF13O. The second-order valence-electron chi connectivity index (χ2n) is 3.39. The first kappa shape index (κ1) is 19.8. The maximum atomic E-state index is 12.5. The maximum absolute atomic E-state index is 12.5. The van der Waals surface area contributed by atoms with Gasteiger partial charge in [-0.25, -0.2) is 4.39 Å². The molecule has 0 radical (unpaired) electrons. The predicted molar refractivity (Wildman–Crippen MR) is 37.3 cm³/mol. The van der Waals surface area contributed by atoms with Crippen LogP contribution < -0.4 is 0 Å². The summed E-state index contributed by atoms with van der Waals surface area (Å²) in [4.78, 5) is 0. The van der Waals surface area contributed by atoms with Gasteiger partial charge in [0, 0.05) is 0 Å². The molecule has 0 unspecified atom stereocenters. The van der Waals surface area contributed by atoms with E-state index >= 15 is 0 Å². The van der Waals surface area contributed by atoms with Gasteiger partial charge in [-0.3, -0.25) is 0 Å². The Bertz CT molecular complexity index is 402. The van der Waals surface area contributed by atoms with Crippen LogP contribution in [0.4, 0.5) is 57.1 Å². The normalized spacial score (nSPS) is 16.9. The molecule has 0 rings (SSSR count). The van der Waals surface area contributed by atoms with Gasteiger partial charge < -0.3 is 5.11 Å². The van der Waals surface area contributed by atoms with Crippen molar-refractivity contribution >= 4 is 0 Å². The first-order valence-electron chi connectivity index (χ1n) is 4.18. The largest absolute Gasteiger partial charge is 0.443 e. The van der Waals surface area contributed by atoms with Crippen molar-refractivity contribution in [3.05, 3.63) is 11.4 Å². The molecule has 0 amide bonds. The second kappa shape index (κ2) is 4.91. The highest BCUT2D eigenvalue weighted by Crippen LogP contribution is 2.54. The third-order valence-corrected chi connectivity index (χ3v) is 1.93. The minimum absolute atomic E-state index is 4.76. The molecule has 0 atom stereocenters. The Balaban J connectivity index is 6.83. The number of halogens is 13. The monoisotopic (exact) mass is 348 g/mol. The molecule has 0 fully saturated rings. The Morgan fingerprint density at radius 1 is 0.571 bits per heavy atom. The van der Waals surface area contributed by atoms with Crippen molar-refractivity contribution in [1.82, 2.24) is 0 Å². The van der Waals surface area contributed by atoms with Crippen molar-refractivity contribution in [3.63, 3.8) is 0 Å². The average Bonchev–Trinajstić information content (AvgIpc) is 2.09. The summed E-state index contributed by atoms with van der Waals surface area (Å²) in [5.41, 5.74) is -11.9. The molecule has 0 heterocycles. The molecule has 126 valence electrons. The zero-order valence-corrected chi connectivity index (χ0v) is 8.86. The van der Waals surface area contributed by atoms with E-state index in [1.165, 1.54) is 0 Å². The van der Waals surface area contributed by atoms with Crippen molar-refractivity contribution in [3.8, 4) is 0 Å². The van der Waals surface area contributed by atoms with Crippen LogP contribution in [0.1, 0.15) is 0 Å². The molecule has 0 bridgehead atoms. The number of allylic oxidation sites excluding steroid dienone is 1.